The molecule has 2 bridgehead atoms. The van der Waals surface area contributed by atoms with Gasteiger partial charge in [-0.25, -0.2) is 0 Å². The van der Waals surface area contributed by atoms with E-state index in [4.69, 9.17) is 15.1 Å². The van der Waals surface area contributed by atoms with Gasteiger partial charge in [0.15, 0.2) is 0 Å². The molecule has 3 fully saturated rings. The monoisotopic (exact) mass is 537 g/mol. The van der Waals surface area contributed by atoms with E-state index >= 15 is 0 Å². The molecule has 0 saturated heterocycles. The highest BCUT2D eigenvalue weighted by Crippen LogP contribution is 2.68. The molecule has 0 aromatic heterocycles. The second-order valence-electron chi connectivity index (χ2n) is 13.2. The highest BCUT2D eigenvalue weighted by Gasteiger charge is 2.68. The summed E-state index contributed by atoms with van der Waals surface area (Å²) in [6.45, 7) is 12.8. The van der Waals surface area contributed by atoms with Crippen molar-refractivity contribution in [3.8, 4) is 0 Å². The van der Waals surface area contributed by atoms with E-state index in [2.05, 4.69) is 27.4 Å². The molecule has 0 radical (unpaired) electrons. The summed E-state index contributed by atoms with van der Waals surface area (Å²) in [5, 5.41) is 21.9. The number of esters is 1. The lowest BCUT2D eigenvalue weighted by molar-refractivity contribution is -0.206. The summed E-state index contributed by atoms with van der Waals surface area (Å²) < 4.78 is 11.9. The fraction of sp³-hybridized carbons (Fsp3) is 0.677. The molecule has 212 valence electrons. The number of aliphatic hydroxyl groups excluding tert-OH is 1. The maximum Gasteiger partial charge on any atom is 0.492 e. The second-order valence-corrected chi connectivity index (χ2v) is 13.2. The highest BCUT2D eigenvalue weighted by atomic mass is 16.5. The second kappa shape index (κ2) is 10.1. The number of rotatable bonds is 6. The van der Waals surface area contributed by atoms with Crippen LogP contribution in [0.15, 0.2) is 30.9 Å². The molecular weight excluding hydrogens is 493 g/mol. The lowest BCUT2D eigenvalue weighted by atomic mass is 9.44. The minimum Gasteiger partial charge on any atom is -0.462 e. The van der Waals surface area contributed by atoms with Crippen molar-refractivity contribution >= 4 is 24.3 Å². The minimum atomic E-state index is -1.02. The molecule has 7 nitrogen and oxygen atoms in total. The molecule has 8 heteroatoms. The van der Waals surface area contributed by atoms with Crippen LogP contribution in [-0.4, -0.2) is 47.8 Å². The third kappa shape index (κ3) is 4.33. The van der Waals surface area contributed by atoms with Crippen molar-refractivity contribution in [1.29, 1.82) is 0 Å². The van der Waals surface area contributed by atoms with E-state index in [9.17, 15) is 19.7 Å². The largest absolute Gasteiger partial charge is 0.492 e. The standard InChI is InChI=1S/C31H44BNO6/c1-6-29(4)16-25(30(5)18(2)11-13-31(19(3)28(29)36)14-12-23(34)27(30)31)38-26(35)10-8-20-7-9-21-22(15-20)32(37)39-24(21)17-33/h6-7,9,15,18-19,24-25,27-28,36-37H,1,8,10-14,16-17,33H2,2-5H3/t18-,19+,24?,25-,27+,28+,29-,30+,31+/m1/s1. The Balaban J connectivity index is 1.41. The van der Waals surface area contributed by atoms with Gasteiger partial charge in [-0.1, -0.05) is 52.0 Å². The van der Waals surface area contributed by atoms with Gasteiger partial charge in [0.2, 0.25) is 0 Å². The molecular formula is C31H44BNO6. The van der Waals surface area contributed by atoms with Gasteiger partial charge in [-0.05, 0) is 65.9 Å². The molecule has 39 heavy (non-hydrogen) atoms. The Kier molecular flexibility index (Phi) is 7.41. The van der Waals surface area contributed by atoms with Crippen LogP contribution in [0.4, 0.5) is 0 Å². The quantitative estimate of drug-likeness (QED) is 0.290. The maximum atomic E-state index is 13.5. The van der Waals surface area contributed by atoms with Crippen molar-refractivity contribution < 1.29 is 29.1 Å². The molecule has 0 spiro atoms. The zero-order valence-electron chi connectivity index (χ0n) is 23.8. The number of nitrogens with two attached hydrogens (primary N) is 1. The lowest BCUT2D eigenvalue weighted by Gasteiger charge is -2.61. The molecule has 1 aliphatic heterocycles. The summed E-state index contributed by atoms with van der Waals surface area (Å²) in [5.41, 5.74) is 6.78. The lowest BCUT2D eigenvalue weighted by Crippen LogP contribution is -2.63. The molecule has 1 aromatic carbocycles. The molecule has 4 aliphatic rings. The Morgan fingerprint density at radius 1 is 1.31 bits per heavy atom. The third-order valence-corrected chi connectivity index (χ3v) is 11.5. The van der Waals surface area contributed by atoms with Crippen molar-refractivity contribution in [2.45, 2.75) is 91.0 Å². The van der Waals surface area contributed by atoms with Crippen LogP contribution < -0.4 is 11.2 Å². The number of carbonyl (C=O) groups excluding carboxylic acids is 2. The van der Waals surface area contributed by atoms with E-state index < -0.39 is 30.2 Å². The summed E-state index contributed by atoms with van der Waals surface area (Å²) >= 11 is 0. The summed E-state index contributed by atoms with van der Waals surface area (Å²) in [4.78, 5) is 27.0. The Morgan fingerprint density at radius 2 is 2.05 bits per heavy atom. The van der Waals surface area contributed by atoms with Crippen LogP contribution in [0.3, 0.4) is 0 Å². The number of Topliss-reactive ketones (excluding diaryl/α,β-unsaturated/α-hetero) is 1. The fourth-order valence-electron chi connectivity index (χ4n) is 8.74. The summed E-state index contributed by atoms with van der Waals surface area (Å²) in [5.74, 6) is -0.166. The topological polar surface area (TPSA) is 119 Å². The normalized spacial score (nSPS) is 41.4. The molecule has 3 aliphatic carbocycles. The van der Waals surface area contributed by atoms with Crippen LogP contribution in [-0.2, 0) is 25.4 Å². The zero-order chi connectivity index (χ0) is 28.3. The first-order valence-electron chi connectivity index (χ1n) is 14.6. The third-order valence-electron chi connectivity index (χ3n) is 11.5. The number of carbonyl (C=O) groups is 2. The molecule has 1 aromatic rings. The average Bonchev–Trinajstić information content (AvgIpc) is 3.44. The van der Waals surface area contributed by atoms with Crippen molar-refractivity contribution in [2.24, 2.45) is 39.7 Å². The van der Waals surface area contributed by atoms with Gasteiger partial charge in [-0.3, -0.25) is 9.59 Å². The summed E-state index contributed by atoms with van der Waals surface area (Å²) in [6.07, 6.45) is 4.51. The predicted molar refractivity (Wildman–Crippen MR) is 150 cm³/mol. The summed E-state index contributed by atoms with van der Waals surface area (Å²) in [6, 6.07) is 5.72. The number of aliphatic hydroxyl groups is 1. The Hall–Kier alpha value is -2.00. The number of hydrogen-bond donors (Lipinski definition) is 3. The molecule has 9 atom stereocenters. The number of ketones is 1. The van der Waals surface area contributed by atoms with Gasteiger partial charge in [0.1, 0.15) is 11.9 Å². The van der Waals surface area contributed by atoms with Gasteiger partial charge in [0.05, 0.1) is 12.2 Å². The Labute approximate surface area is 232 Å². The smallest absolute Gasteiger partial charge is 0.462 e. The van der Waals surface area contributed by atoms with Crippen LogP contribution in [0.5, 0.6) is 0 Å². The fourth-order valence-corrected chi connectivity index (χ4v) is 8.74. The van der Waals surface area contributed by atoms with Crippen LogP contribution in [0.1, 0.15) is 83.5 Å². The van der Waals surface area contributed by atoms with E-state index in [1.54, 1.807) is 0 Å². The van der Waals surface area contributed by atoms with Gasteiger partial charge in [-0.15, -0.1) is 6.58 Å². The summed E-state index contributed by atoms with van der Waals surface area (Å²) in [7, 11) is -1.02. The van der Waals surface area contributed by atoms with E-state index in [0.29, 0.717) is 24.7 Å². The van der Waals surface area contributed by atoms with E-state index in [-0.39, 0.29) is 54.0 Å². The molecule has 3 saturated carbocycles. The van der Waals surface area contributed by atoms with Gasteiger partial charge in [-0.2, -0.15) is 0 Å². The van der Waals surface area contributed by atoms with Crippen LogP contribution >= 0.6 is 0 Å². The number of ether oxygens (including phenoxy) is 1. The van der Waals surface area contributed by atoms with Crippen molar-refractivity contribution in [3.05, 3.63) is 42.0 Å². The van der Waals surface area contributed by atoms with Crippen molar-refractivity contribution in [1.82, 2.24) is 0 Å². The van der Waals surface area contributed by atoms with Crippen LogP contribution in [0.25, 0.3) is 0 Å². The average molecular weight is 538 g/mol. The number of aryl methyl sites for hydroxylation is 1. The Morgan fingerprint density at radius 3 is 2.74 bits per heavy atom. The van der Waals surface area contributed by atoms with E-state index in [1.165, 1.54) is 0 Å². The van der Waals surface area contributed by atoms with E-state index in [0.717, 1.165) is 30.4 Å². The molecule has 1 heterocycles. The SMILES string of the molecule is C=C[C@]1(C)C[C@@H](OC(=O)CCc2ccc3c(c2)B(O)OC3CN)[C@]2(C)[C@H](C)CC[C@]3(CCC(=O)[C@H]32)[C@@H](C)[C@@H]1O. The van der Waals surface area contributed by atoms with Gasteiger partial charge >= 0.3 is 13.1 Å². The van der Waals surface area contributed by atoms with Crippen molar-refractivity contribution in [3.63, 3.8) is 0 Å². The molecule has 4 N–H and O–H groups in total. The maximum absolute atomic E-state index is 13.5. The molecule has 5 rings (SSSR count). The van der Waals surface area contributed by atoms with Crippen LogP contribution in [0.2, 0.25) is 0 Å². The number of benzene rings is 1. The first-order valence-corrected chi connectivity index (χ1v) is 14.6. The number of fused-ring (bicyclic) bond motifs is 1. The number of hydrogen-bond acceptors (Lipinski definition) is 7. The molecule has 1 unspecified atom stereocenters. The van der Waals surface area contributed by atoms with Gasteiger partial charge in [0.25, 0.3) is 0 Å². The zero-order valence-corrected chi connectivity index (χ0v) is 23.8. The highest BCUT2D eigenvalue weighted by molar-refractivity contribution is 6.61. The minimum absolute atomic E-state index is 0.0570. The van der Waals surface area contributed by atoms with Crippen molar-refractivity contribution in [2.75, 3.05) is 6.54 Å². The Bertz CT molecular complexity index is 1160. The van der Waals surface area contributed by atoms with Gasteiger partial charge in [0, 0.05) is 36.1 Å². The first-order chi connectivity index (χ1) is 18.4. The van der Waals surface area contributed by atoms with Gasteiger partial charge < -0.3 is 25.3 Å². The van der Waals surface area contributed by atoms with Crippen LogP contribution in [0, 0.1) is 34.0 Å². The predicted octanol–water partition coefficient (Wildman–Crippen LogP) is 3.24. The van der Waals surface area contributed by atoms with E-state index in [1.807, 2.05) is 31.2 Å². The molecule has 0 amide bonds. The first kappa shape index (κ1) is 28.5.